The number of carboxylic acids is 2. The molecule has 0 radical (unpaired) electrons. The molecule has 0 saturated carbocycles. The molecule has 2 unspecified atom stereocenters. The first-order chi connectivity index (χ1) is 12.2. The highest BCUT2D eigenvalue weighted by Crippen LogP contribution is 2.21. The van der Waals surface area contributed by atoms with Crippen LogP contribution in [0.2, 0.25) is 0 Å². The molecule has 2 atom stereocenters. The lowest BCUT2D eigenvalue weighted by molar-refractivity contribution is -0.134. The Kier molecular flexibility index (Phi) is 17.3. The zero-order valence-corrected chi connectivity index (χ0v) is 17.4. The molecule has 0 aliphatic rings. The summed E-state index contributed by atoms with van der Waals surface area (Å²) in [5, 5.41) is 17.4. The van der Waals surface area contributed by atoms with Gasteiger partial charge in [-0.3, -0.25) is 0 Å². The predicted octanol–water partition coefficient (Wildman–Crippen LogP) is 6.47. The number of unbranched alkanes of at least 4 members (excludes halogenated alkanes) is 3. The largest absolute Gasteiger partial charge is 0.478 e. The fraction of sp³-hybridized carbons (Fsp3) is 0.727. The van der Waals surface area contributed by atoms with Crippen molar-refractivity contribution in [1.29, 1.82) is 0 Å². The van der Waals surface area contributed by atoms with Crippen molar-refractivity contribution in [3.8, 4) is 0 Å². The standard InChI is InChI=1S/2C11H20O2/c1-4-6-7-10(5-2)8-9(3)11(12)13;1-4-6-7-8-10(5-2)9(3)11(12)13/h2*10H,3-8H2,1-2H3,(H,12,13). The third-order valence-corrected chi connectivity index (χ3v) is 4.80. The van der Waals surface area contributed by atoms with Crippen molar-refractivity contribution >= 4 is 11.9 Å². The molecule has 0 aromatic carbocycles. The van der Waals surface area contributed by atoms with Gasteiger partial charge in [-0.05, 0) is 31.1 Å². The van der Waals surface area contributed by atoms with Gasteiger partial charge >= 0.3 is 11.9 Å². The molecule has 4 nitrogen and oxygen atoms in total. The van der Waals surface area contributed by atoms with E-state index in [1.807, 2.05) is 6.92 Å². The van der Waals surface area contributed by atoms with E-state index in [1.54, 1.807) is 0 Å². The van der Waals surface area contributed by atoms with E-state index >= 15 is 0 Å². The predicted molar refractivity (Wildman–Crippen MR) is 109 cm³/mol. The van der Waals surface area contributed by atoms with Crippen LogP contribution in [0.3, 0.4) is 0 Å². The van der Waals surface area contributed by atoms with Gasteiger partial charge in [0.1, 0.15) is 0 Å². The molecule has 0 heterocycles. The molecule has 4 heteroatoms. The van der Waals surface area contributed by atoms with E-state index < -0.39 is 11.9 Å². The zero-order valence-electron chi connectivity index (χ0n) is 17.4. The highest BCUT2D eigenvalue weighted by molar-refractivity contribution is 5.86. The highest BCUT2D eigenvalue weighted by atomic mass is 16.4. The molecule has 0 aliphatic carbocycles. The quantitative estimate of drug-likeness (QED) is 0.272. The first-order valence-electron chi connectivity index (χ1n) is 10.1. The SMILES string of the molecule is C=C(C(=O)O)C(CC)CCCCC.C=C(CC(CC)CCCC)C(=O)O. The minimum absolute atomic E-state index is 0.170. The van der Waals surface area contributed by atoms with Crippen molar-refractivity contribution in [3.05, 3.63) is 24.3 Å². The van der Waals surface area contributed by atoms with E-state index in [0.717, 1.165) is 32.1 Å². The summed E-state index contributed by atoms with van der Waals surface area (Å²) in [6, 6.07) is 0. The van der Waals surface area contributed by atoms with Crippen LogP contribution < -0.4 is 0 Å². The van der Waals surface area contributed by atoms with Crippen molar-refractivity contribution < 1.29 is 19.8 Å². The van der Waals surface area contributed by atoms with Gasteiger partial charge in [0.25, 0.3) is 0 Å². The summed E-state index contributed by atoms with van der Waals surface area (Å²) in [5.74, 6) is -1.02. The Morgan fingerprint density at radius 3 is 1.77 bits per heavy atom. The normalized spacial score (nSPS) is 12.5. The van der Waals surface area contributed by atoms with Crippen LogP contribution in [0.5, 0.6) is 0 Å². The van der Waals surface area contributed by atoms with Crippen LogP contribution in [0.4, 0.5) is 0 Å². The number of hydrogen-bond acceptors (Lipinski definition) is 2. The Bertz CT molecular complexity index is 426. The maximum atomic E-state index is 10.6. The van der Waals surface area contributed by atoms with Crippen molar-refractivity contribution in [3.63, 3.8) is 0 Å². The fourth-order valence-corrected chi connectivity index (χ4v) is 2.82. The number of carboxylic acid groups (broad SMARTS) is 2. The smallest absolute Gasteiger partial charge is 0.331 e. The van der Waals surface area contributed by atoms with Crippen molar-refractivity contribution in [1.82, 2.24) is 0 Å². The van der Waals surface area contributed by atoms with Gasteiger partial charge in [-0.15, -0.1) is 0 Å². The first-order valence-corrected chi connectivity index (χ1v) is 10.1. The number of rotatable bonds is 14. The molecule has 0 amide bonds. The average molecular weight is 369 g/mol. The molecular weight excluding hydrogens is 328 g/mol. The van der Waals surface area contributed by atoms with Crippen LogP contribution in [-0.4, -0.2) is 22.2 Å². The van der Waals surface area contributed by atoms with Gasteiger partial charge in [-0.25, -0.2) is 9.59 Å². The Morgan fingerprint density at radius 1 is 0.808 bits per heavy atom. The van der Waals surface area contributed by atoms with Crippen LogP contribution in [-0.2, 0) is 9.59 Å². The molecule has 0 aliphatic heterocycles. The van der Waals surface area contributed by atoms with Crippen LogP contribution in [0.15, 0.2) is 24.3 Å². The van der Waals surface area contributed by atoms with Crippen LogP contribution in [0.1, 0.15) is 91.9 Å². The minimum Gasteiger partial charge on any atom is -0.478 e. The molecule has 0 fully saturated rings. The summed E-state index contributed by atoms with van der Waals surface area (Å²) in [4.78, 5) is 21.2. The van der Waals surface area contributed by atoms with Gasteiger partial charge in [0.15, 0.2) is 0 Å². The molecule has 0 rings (SSSR count). The van der Waals surface area contributed by atoms with E-state index in [2.05, 4.69) is 33.9 Å². The Hall–Kier alpha value is -1.58. The molecule has 0 saturated heterocycles. The van der Waals surface area contributed by atoms with Gasteiger partial charge in [-0.2, -0.15) is 0 Å². The lowest BCUT2D eigenvalue weighted by Gasteiger charge is -2.13. The monoisotopic (exact) mass is 368 g/mol. The molecule has 26 heavy (non-hydrogen) atoms. The fourth-order valence-electron chi connectivity index (χ4n) is 2.82. The third kappa shape index (κ3) is 13.7. The Morgan fingerprint density at radius 2 is 1.38 bits per heavy atom. The maximum Gasteiger partial charge on any atom is 0.331 e. The molecule has 2 N–H and O–H groups in total. The number of carbonyl (C=O) groups is 2. The van der Waals surface area contributed by atoms with E-state index in [-0.39, 0.29) is 5.92 Å². The van der Waals surface area contributed by atoms with Crippen LogP contribution in [0.25, 0.3) is 0 Å². The maximum absolute atomic E-state index is 10.6. The lowest BCUT2D eigenvalue weighted by Crippen LogP contribution is -2.10. The summed E-state index contributed by atoms with van der Waals surface area (Å²) in [6.45, 7) is 15.6. The van der Waals surface area contributed by atoms with Crippen molar-refractivity contribution in [2.24, 2.45) is 11.8 Å². The molecule has 152 valence electrons. The van der Waals surface area contributed by atoms with E-state index in [9.17, 15) is 9.59 Å². The van der Waals surface area contributed by atoms with E-state index in [0.29, 0.717) is 23.5 Å². The summed E-state index contributed by atoms with van der Waals surface area (Å²) in [7, 11) is 0. The minimum atomic E-state index is -0.852. The van der Waals surface area contributed by atoms with Gasteiger partial charge in [0.05, 0.1) is 0 Å². The van der Waals surface area contributed by atoms with Gasteiger partial charge in [-0.1, -0.05) is 85.8 Å². The summed E-state index contributed by atoms with van der Waals surface area (Å²) in [6.07, 6.45) is 10.5. The van der Waals surface area contributed by atoms with Crippen molar-refractivity contribution in [2.45, 2.75) is 91.9 Å². The van der Waals surface area contributed by atoms with Crippen LogP contribution >= 0.6 is 0 Å². The van der Waals surface area contributed by atoms with Gasteiger partial charge < -0.3 is 10.2 Å². The first kappa shape index (κ1) is 26.6. The summed E-state index contributed by atoms with van der Waals surface area (Å²) >= 11 is 0. The second-order valence-corrected chi connectivity index (χ2v) is 6.96. The second kappa shape index (κ2) is 16.9. The molecule has 0 aromatic rings. The Labute approximate surface area is 160 Å². The van der Waals surface area contributed by atoms with Crippen molar-refractivity contribution in [2.75, 3.05) is 0 Å². The zero-order chi connectivity index (χ0) is 20.5. The third-order valence-electron chi connectivity index (χ3n) is 4.80. The number of hydrogen-bond donors (Lipinski definition) is 2. The molecule has 0 aromatic heterocycles. The Balaban J connectivity index is 0. The topological polar surface area (TPSA) is 74.6 Å². The van der Waals surface area contributed by atoms with Crippen LogP contribution in [0, 0.1) is 11.8 Å². The lowest BCUT2D eigenvalue weighted by atomic mass is 9.92. The van der Waals surface area contributed by atoms with E-state index in [1.165, 1.54) is 25.7 Å². The molecule has 0 bridgehead atoms. The van der Waals surface area contributed by atoms with Gasteiger partial charge in [0.2, 0.25) is 0 Å². The molecular formula is C22H40O4. The number of aliphatic carboxylic acids is 2. The summed E-state index contributed by atoms with van der Waals surface area (Å²) < 4.78 is 0. The van der Waals surface area contributed by atoms with Gasteiger partial charge in [0, 0.05) is 11.1 Å². The summed E-state index contributed by atoms with van der Waals surface area (Å²) in [5.41, 5.74) is 0.724. The second-order valence-electron chi connectivity index (χ2n) is 6.96. The molecule has 0 spiro atoms. The average Bonchev–Trinajstić information content (AvgIpc) is 2.61. The van der Waals surface area contributed by atoms with E-state index in [4.69, 9.17) is 10.2 Å². The highest BCUT2D eigenvalue weighted by Gasteiger charge is 2.15.